The quantitative estimate of drug-likeness (QED) is 0.681. The van der Waals surface area contributed by atoms with Gasteiger partial charge in [0.2, 0.25) is 11.8 Å². The fourth-order valence-corrected chi connectivity index (χ4v) is 4.73. The first kappa shape index (κ1) is 19.9. The van der Waals surface area contributed by atoms with Crippen molar-refractivity contribution in [3.05, 3.63) is 40.9 Å². The first-order valence-corrected chi connectivity index (χ1v) is 11.2. The van der Waals surface area contributed by atoms with Crippen LogP contribution in [0.1, 0.15) is 43.4 Å². The van der Waals surface area contributed by atoms with Crippen LogP contribution in [-0.2, 0) is 16.0 Å². The molecule has 2 aromatic rings. The van der Waals surface area contributed by atoms with E-state index in [1.165, 1.54) is 42.4 Å². The maximum absolute atomic E-state index is 12.2. The summed E-state index contributed by atoms with van der Waals surface area (Å²) in [6.07, 6.45) is 6.15. The molecule has 1 heterocycles. The van der Waals surface area contributed by atoms with Crippen molar-refractivity contribution in [1.82, 2.24) is 10.3 Å². The monoisotopic (exact) mass is 403 g/mol. The number of aryl methyl sites for hydroxylation is 1. The standard InChI is InChI=1S/C20H25N3O2S2/c1-14-7-9-16(10-8-14)22-19(25)13-27-20-23-17(12-26-20)11-18(24)21-15-5-3-2-4-6-15/h7-10,12,15H,2-6,11,13H2,1H3,(H,21,24)(H,22,25). The molecule has 0 radical (unpaired) electrons. The zero-order chi connectivity index (χ0) is 19.1. The number of thioether (sulfide) groups is 1. The highest BCUT2D eigenvalue weighted by atomic mass is 32.2. The number of anilines is 1. The van der Waals surface area contributed by atoms with Gasteiger partial charge in [-0.3, -0.25) is 9.59 Å². The number of nitrogens with zero attached hydrogens (tertiary/aromatic N) is 1. The highest BCUT2D eigenvalue weighted by molar-refractivity contribution is 8.01. The second-order valence-corrected chi connectivity index (χ2v) is 8.97. The van der Waals surface area contributed by atoms with Gasteiger partial charge in [-0.25, -0.2) is 4.98 Å². The van der Waals surface area contributed by atoms with Gasteiger partial charge in [0, 0.05) is 17.1 Å². The molecule has 0 unspecified atom stereocenters. The lowest BCUT2D eigenvalue weighted by Crippen LogP contribution is -2.37. The average molecular weight is 404 g/mol. The summed E-state index contributed by atoms with van der Waals surface area (Å²) in [5.41, 5.74) is 2.73. The smallest absolute Gasteiger partial charge is 0.234 e. The van der Waals surface area contributed by atoms with Crippen molar-refractivity contribution in [1.29, 1.82) is 0 Å². The second kappa shape index (κ2) is 9.90. The Morgan fingerprint density at radius 2 is 1.89 bits per heavy atom. The van der Waals surface area contributed by atoms with Crippen LogP contribution in [0.2, 0.25) is 0 Å². The largest absolute Gasteiger partial charge is 0.353 e. The molecule has 0 spiro atoms. The van der Waals surface area contributed by atoms with Gasteiger partial charge in [-0.05, 0) is 31.9 Å². The molecule has 1 aromatic heterocycles. The molecule has 2 N–H and O–H groups in total. The summed E-state index contributed by atoms with van der Waals surface area (Å²) < 4.78 is 0.814. The van der Waals surface area contributed by atoms with Gasteiger partial charge in [0.1, 0.15) is 0 Å². The molecule has 2 amide bonds. The van der Waals surface area contributed by atoms with Crippen LogP contribution in [0.15, 0.2) is 34.0 Å². The zero-order valence-electron chi connectivity index (χ0n) is 15.5. The van der Waals surface area contributed by atoms with E-state index in [2.05, 4.69) is 15.6 Å². The number of thiazole rings is 1. The summed E-state index contributed by atoms with van der Waals surface area (Å²) in [5.74, 6) is 0.284. The Balaban J connectivity index is 1.41. The summed E-state index contributed by atoms with van der Waals surface area (Å²) in [6.45, 7) is 2.01. The lowest BCUT2D eigenvalue weighted by Gasteiger charge is -2.22. The van der Waals surface area contributed by atoms with E-state index in [-0.39, 0.29) is 11.8 Å². The molecule has 1 saturated carbocycles. The van der Waals surface area contributed by atoms with Gasteiger partial charge in [-0.2, -0.15) is 0 Å². The summed E-state index contributed by atoms with van der Waals surface area (Å²) in [7, 11) is 0. The molecule has 3 rings (SSSR count). The number of rotatable bonds is 7. The van der Waals surface area contributed by atoms with E-state index in [0.29, 0.717) is 18.2 Å². The Labute approximate surface area is 168 Å². The van der Waals surface area contributed by atoms with E-state index in [1.807, 2.05) is 36.6 Å². The maximum atomic E-state index is 12.2. The van der Waals surface area contributed by atoms with Crippen molar-refractivity contribution < 1.29 is 9.59 Å². The Morgan fingerprint density at radius 1 is 1.15 bits per heavy atom. The van der Waals surface area contributed by atoms with Crippen LogP contribution in [0.3, 0.4) is 0 Å². The van der Waals surface area contributed by atoms with Crippen LogP contribution in [0.4, 0.5) is 5.69 Å². The van der Waals surface area contributed by atoms with Gasteiger partial charge in [0.25, 0.3) is 0 Å². The highest BCUT2D eigenvalue weighted by Crippen LogP contribution is 2.23. The second-order valence-electron chi connectivity index (χ2n) is 6.89. The molecular weight excluding hydrogens is 378 g/mol. The number of benzene rings is 1. The van der Waals surface area contributed by atoms with Gasteiger partial charge in [0.05, 0.1) is 17.9 Å². The molecule has 144 valence electrons. The summed E-state index contributed by atoms with van der Waals surface area (Å²) in [5, 5.41) is 7.89. The van der Waals surface area contributed by atoms with Gasteiger partial charge >= 0.3 is 0 Å². The molecular formula is C20H25N3O2S2. The van der Waals surface area contributed by atoms with Crippen molar-refractivity contribution in [3.63, 3.8) is 0 Å². The van der Waals surface area contributed by atoms with E-state index in [0.717, 1.165) is 34.1 Å². The molecule has 1 aliphatic rings. The average Bonchev–Trinajstić information content (AvgIpc) is 3.10. The van der Waals surface area contributed by atoms with Crippen molar-refractivity contribution in [2.75, 3.05) is 11.1 Å². The molecule has 5 nitrogen and oxygen atoms in total. The van der Waals surface area contributed by atoms with Crippen molar-refractivity contribution in [2.24, 2.45) is 0 Å². The fraction of sp³-hybridized carbons (Fsp3) is 0.450. The third kappa shape index (κ3) is 6.66. The molecule has 1 aromatic carbocycles. The van der Waals surface area contributed by atoms with E-state index >= 15 is 0 Å². The van der Waals surface area contributed by atoms with Crippen molar-refractivity contribution in [2.45, 2.75) is 55.8 Å². The van der Waals surface area contributed by atoms with E-state index in [1.54, 1.807) is 0 Å². The van der Waals surface area contributed by atoms with Crippen molar-refractivity contribution in [3.8, 4) is 0 Å². The highest BCUT2D eigenvalue weighted by Gasteiger charge is 2.16. The van der Waals surface area contributed by atoms with Gasteiger partial charge in [-0.15, -0.1) is 11.3 Å². The minimum absolute atomic E-state index is 0.0425. The van der Waals surface area contributed by atoms with E-state index < -0.39 is 0 Å². The number of hydrogen-bond acceptors (Lipinski definition) is 5. The van der Waals surface area contributed by atoms with Crippen molar-refractivity contribution >= 4 is 40.6 Å². The van der Waals surface area contributed by atoms with Gasteiger partial charge in [0.15, 0.2) is 4.34 Å². The number of nitrogens with one attached hydrogen (secondary N) is 2. The minimum atomic E-state index is -0.0596. The van der Waals surface area contributed by atoms with E-state index in [4.69, 9.17) is 0 Å². The Kier molecular flexibility index (Phi) is 7.29. The SMILES string of the molecule is Cc1ccc(NC(=O)CSc2nc(CC(=O)NC3CCCCC3)cs2)cc1. The lowest BCUT2D eigenvalue weighted by molar-refractivity contribution is -0.121. The number of aromatic nitrogens is 1. The van der Waals surface area contributed by atoms with Crippen LogP contribution < -0.4 is 10.6 Å². The molecule has 1 aliphatic carbocycles. The van der Waals surface area contributed by atoms with Crippen LogP contribution in [0, 0.1) is 6.92 Å². The number of carbonyl (C=O) groups is 2. The Bertz CT molecular complexity index is 768. The van der Waals surface area contributed by atoms with Gasteiger partial charge in [-0.1, -0.05) is 48.7 Å². The number of hydrogen-bond donors (Lipinski definition) is 2. The molecule has 0 bridgehead atoms. The van der Waals surface area contributed by atoms with Crippen LogP contribution in [0.25, 0.3) is 0 Å². The zero-order valence-corrected chi connectivity index (χ0v) is 17.1. The first-order valence-electron chi connectivity index (χ1n) is 9.31. The van der Waals surface area contributed by atoms with E-state index in [9.17, 15) is 9.59 Å². The van der Waals surface area contributed by atoms with Crippen LogP contribution in [-0.4, -0.2) is 28.6 Å². The topological polar surface area (TPSA) is 71.1 Å². The normalized spacial score (nSPS) is 14.7. The third-order valence-electron chi connectivity index (χ3n) is 4.50. The molecule has 0 saturated heterocycles. The molecule has 27 heavy (non-hydrogen) atoms. The van der Waals surface area contributed by atoms with Crippen LogP contribution >= 0.6 is 23.1 Å². The lowest BCUT2D eigenvalue weighted by atomic mass is 9.95. The first-order chi connectivity index (χ1) is 13.1. The summed E-state index contributed by atoms with van der Waals surface area (Å²) >= 11 is 2.88. The Hall–Kier alpha value is -1.86. The third-order valence-corrected chi connectivity index (χ3v) is 6.57. The predicted octanol–water partition coefficient (Wildman–Crippen LogP) is 4.17. The molecule has 7 heteroatoms. The minimum Gasteiger partial charge on any atom is -0.353 e. The molecule has 1 fully saturated rings. The molecule has 0 atom stereocenters. The summed E-state index contributed by atoms with van der Waals surface area (Å²) in [4.78, 5) is 28.7. The maximum Gasteiger partial charge on any atom is 0.234 e. The fourth-order valence-electron chi connectivity index (χ4n) is 3.09. The van der Waals surface area contributed by atoms with Crippen LogP contribution in [0.5, 0.6) is 0 Å². The number of carbonyl (C=O) groups excluding carboxylic acids is 2. The number of amides is 2. The predicted molar refractivity (Wildman–Crippen MR) is 111 cm³/mol. The summed E-state index contributed by atoms with van der Waals surface area (Å²) in [6, 6.07) is 8.04. The Morgan fingerprint density at radius 3 is 2.63 bits per heavy atom. The molecule has 0 aliphatic heterocycles. The van der Waals surface area contributed by atoms with Gasteiger partial charge < -0.3 is 10.6 Å².